The van der Waals surface area contributed by atoms with Crippen molar-refractivity contribution in [2.75, 3.05) is 9.80 Å². The zero-order valence-corrected chi connectivity index (χ0v) is 21.6. The maximum Gasteiger partial charge on any atom is 0.183 e. The first kappa shape index (κ1) is 24.2. The molecule has 0 aliphatic carbocycles. The Labute approximate surface area is 238 Å². The van der Waals surface area contributed by atoms with Crippen molar-refractivity contribution in [3.8, 4) is 24.3 Å². The fourth-order valence-electron chi connectivity index (χ4n) is 4.98. The van der Waals surface area contributed by atoms with Crippen molar-refractivity contribution in [1.29, 1.82) is 21.0 Å². The number of hydrogen-bond donors (Lipinski definition) is 0. The Morgan fingerprint density at radius 1 is 0.405 bits per heavy atom. The van der Waals surface area contributed by atoms with Gasteiger partial charge in [-0.15, -0.1) is 0 Å². The molecular weight excluding hydrogens is 524 g/mol. The van der Waals surface area contributed by atoms with Gasteiger partial charge in [0, 0.05) is 11.4 Å². The van der Waals surface area contributed by atoms with Crippen molar-refractivity contribution in [2.45, 2.75) is 0 Å². The fourth-order valence-corrected chi connectivity index (χ4v) is 4.98. The largest absolute Gasteiger partial charge is 0.273 e. The van der Waals surface area contributed by atoms with Gasteiger partial charge >= 0.3 is 0 Å². The van der Waals surface area contributed by atoms with Gasteiger partial charge in [-0.3, -0.25) is 9.80 Å². The van der Waals surface area contributed by atoms with E-state index in [-0.39, 0.29) is 22.3 Å². The normalized spacial score (nSPS) is 11.6. The van der Waals surface area contributed by atoms with Crippen LogP contribution in [0, 0.1) is 45.3 Å². The third kappa shape index (κ3) is 3.62. The zero-order valence-electron chi connectivity index (χ0n) is 21.6. The van der Waals surface area contributed by atoms with Crippen molar-refractivity contribution in [2.24, 2.45) is 0 Å². The average molecular weight is 539 g/mol. The Morgan fingerprint density at radius 3 is 0.905 bits per heavy atom. The van der Waals surface area contributed by atoms with Gasteiger partial charge in [-0.05, 0) is 48.5 Å². The lowest BCUT2D eigenvalue weighted by molar-refractivity contribution is 1.02. The quantitative estimate of drug-likeness (QED) is 0.244. The van der Waals surface area contributed by atoms with E-state index in [1.807, 2.05) is 70.5 Å². The lowest BCUT2D eigenvalue weighted by atomic mass is 10.1. The molecular formula is C32H14N10. The van der Waals surface area contributed by atoms with Crippen molar-refractivity contribution >= 4 is 56.7 Å². The summed E-state index contributed by atoms with van der Waals surface area (Å²) in [6.07, 6.45) is 0. The van der Waals surface area contributed by atoms with Crippen molar-refractivity contribution in [3.05, 3.63) is 107 Å². The number of anilines is 6. The first-order valence-corrected chi connectivity index (χ1v) is 12.7. The summed E-state index contributed by atoms with van der Waals surface area (Å²) in [5.41, 5.74) is 3.99. The standard InChI is InChI=1S/C32H14N10/c33-15-19-11-25-27(13-21(19)17-35)39-31-29(37-25)41(23-7-3-1-4-8-23)30-32(42(31)24-9-5-2-6-10-24)40-28-14-22(18-36)20(16-34)12-26(28)38-30/h1-14H. The SMILES string of the molecule is N#Cc1cc2nc3c(nc2cc1C#N)N(c1ccccc1)c1nc2cc(C#N)c(C#N)cc2nc1N3c1ccccc1. The highest BCUT2D eigenvalue weighted by molar-refractivity contribution is 6.00. The van der Waals surface area contributed by atoms with Crippen molar-refractivity contribution in [1.82, 2.24) is 19.9 Å². The van der Waals surface area contributed by atoms with E-state index in [9.17, 15) is 21.0 Å². The first-order valence-electron chi connectivity index (χ1n) is 12.7. The van der Waals surface area contributed by atoms with Gasteiger partial charge in [-0.1, -0.05) is 36.4 Å². The van der Waals surface area contributed by atoms with Crippen LogP contribution in [0.15, 0.2) is 84.9 Å². The molecule has 10 nitrogen and oxygen atoms in total. The molecule has 6 aromatic rings. The van der Waals surface area contributed by atoms with Gasteiger partial charge in [-0.2, -0.15) is 21.0 Å². The number of nitrogens with zero attached hydrogens (tertiary/aromatic N) is 10. The predicted octanol–water partition coefficient (Wildman–Crippen LogP) is 6.31. The minimum Gasteiger partial charge on any atom is -0.273 e. The number of fused-ring (bicyclic) bond motifs is 4. The van der Waals surface area contributed by atoms with Crippen molar-refractivity contribution < 1.29 is 0 Å². The van der Waals surface area contributed by atoms with Crippen molar-refractivity contribution in [3.63, 3.8) is 0 Å². The molecule has 0 spiro atoms. The number of aromatic nitrogens is 4. The summed E-state index contributed by atoms with van der Waals surface area (Å²) in [5.74, 6) is 1.73. The number of nitriles is 4. The molecule has 192 valence electrons. The molecule has 0 bridgehead atoms. The molecule has 1 aliphatic rings. The van der Waals surface area contributed by atoms with Crippen LogP contribution in [-0.2, 0) is 0 Å². The highest BCUT2D eigenvalue weighted by Gasteiger charge is 2.36. The van der Waals surface area contributed by atoms with Crippen LogP contribution in [0.2, 0.25) is 0 Å². The van der Waals surface area contributed by atoms with Gasteiger partial charge in [-0.25, -0.2) is 19.9 Å². The summed E-state index contributed by atoms with van der Waals surface area (Å²) in [4.78, 5) is 23.5. The van der Waals surface area contributed by atoms with Crippen LogP contribution >= 0.6 is 0 Å². The molecule has 0 N–H and O–H groups in total. The Kier molecular flexibility index (Phi) is 5.41. The Hall–Kier alpha value is -6.88. The van der Waals surface area contributed by atoms with Crippen LogP contribution in [0.25, 0.3) is 22.1 Å². The number of hydrogen-bond acceptors (Lipinski definition) is 10. The molecule has 0 saturated heterocycles. The molecule has 42 heavy (non-hydrogen) atoms. The van der Waals surface area contributed by atoms with E-state index in [1.54, 1.807) is 24.3 Å². The molecule has 1 aliphatic heterocycles. The lowest BCUT2D eigenvalue weighted by Gasteiger charge is -2.36. The number of para-hydroxylation sites is 2. The van der Waals surface area contributed by atoms with Crippen LogP contribution in [0.3, 0.4) is 0 Å². The zero-order chi connectivity index (χ0) is 28.8. The highest BCUT2D eigenvalue weighted by atomic mass is 15.4. The van der Waals surface area contributed by atoms with E-state index >= 15 is 0 Å². The lowest BCUT2D eigenvalue weighted by Crippen LogP contribution is -2.28. The molecule has 0 unspecified atom stereocenters. The van der Waals surface area contributed by atoms with Gasteiger partial charge in [0.25, 0.3) is 0 Å². The van der Waals surface area contributed by atoms with Crippen LogP contribution in [0.5, 0.6) is 0 Å². The molecule has 0 atom stereocenters. The molecule has 0 fully saturated rings. The second-order valence-corrected chi connectivity index (χ2v) is 9.30. The van der Waals surface area contributed by atoms with E-state index < -0.39 is 0 Å². The minimum absolute atomic E-state index is 0.199. The van der Waals surface area contributed by atoms with E-state index in [2.05, 4.69) is 24.3 Å². The van der Waals surface area contributed by atoms with E-state index in [0.717, 1.165) is 11.4 Å². The molecule has 10 heteroatoms. The third-order valence-corrected chi connectivity index (χ3v) is 6.89. The molecule has 0 radical (unpaired) electrons. The highest BCUT2D eigenvalue weighted by Crippen LogP contribution is 2.51. The summed E-state index contributed by atoms with van der Waals surface area (Å²) < 4.78 is 0. The smallest absolute Gasteiger partial charge is 0.183 e. The van der Waals surface area contributed by atoms with Gasteiger partial charge in [0.15, 0.2) is 23.3 Å². The summed E-state index contributed by atoms with van der Waals surface area (Å²) in [6, 6.07) is 33.5. The summed E-state index contributed by atoms with van der Waals surface area (Å²) in [7, 11) is 0. The van der Waals surface area contributed by atoms with Gasteiger partial charge in [0.05, 0.1) is 44.3 Å². The fraction of sp³-hybridized carbons (Fsp3) is 0. The molecule has 4 aromatic carbocycles. The van der Waals surface area contributed by atoms with Crippen LogP contribution in [0.1, 0.15) is 22.3 Å². The Morgan fingerprint density at radius 2 is 0.667 bits per heavy atom. The Balaban J connectivity index is 1.62. The summed E-state index contributed by atoms with van der Waals surface area (Å²) in [6.45, 7) is 0. The number of rotatable bonds is 2. The predicted molar refractivity (Wildman–Crippen MR) is 154 cm³/mol. The van der Waals surface area contributed by atoms with E-state index in [4.69, 9.17) is 19.9 Å². The maximum atomic E-state index is 9.65. The molecule has 0 amide bonds. The van der Waals surface area contributed by atoms with Gasteiger partial charge < -0.3 is 0 Å². The first-order chi connectivity index (χ1) is 20.6. The summed E-state index contributed by atoms with van der Waals surface area (Å²) >= 11 is 0. The van der Waals surface area contributed by atoms with E-state index in [1.165, 1.54) is 0 Å². The number of benzene rings is 4. The molecule has 0 saturated carbocycles. The van der Waals surface area contributed by atoms with Crippen LogP contribution < -0.4 is 9.80 Å². The van der Waals surface area contributed by atoms with Crippen LogP contribution in [-0.4, -0.2) is 19.9 Å². The topological polar surface area (TPSA) is 153 Å². The Bertz CT molecular complexity index is 1970. The summed E-state index contributed by atoms with van der Waals surface area (Å²) in [5, 5.41) is 38.6. The van der Waals surface area contributed by atoms with E-state index in [0.29, 0.717) is 45.3 Å². The second-order valence-electron chi connectivity index (χ2n) is 9.30. The van der Waals surface area contributed by atoms with Crippen LogP contribution in [0.4, 0.5) is 34.6 Å². The average Bonchev–Trinajstić information content (AvgIpc) is 3.04. The third-order valence-electron chi connectivity index (χ3n) is 6.89. The molecule has 2 aromatic heterocycles. The van der Waals surface area contributed by atoms with Gasteiger partial charge in [0.1, 0.15) is 24.3 Å². The molecule has 3 heterocycles. The minimum atomic E-state index is 0.199. The molecule has 7 rings (SSSR count). The maximum absolute atomic E-state index is 9.65. The monoisotopic (exact) mass is 538 g/mol. The van der Waals surface area contributed by atoms with Gasteiger partial charge in [0.2, 0.25) is 0 Å². The second kappa shape index (κ2) is 9.39.